The van der Waals surface area contributed by atoms with E-state index < -0.39 is 0 Å². The molecular formula is C17H17ClN2O2S. The van der Waals surface area contributed by atoms with Crippen LogP contribution in [0, 0.1) is 0 Å². The summed E-state index contributed by atoms with van der Waals surface area (Å²) in [7, 11) is 1.58. The highest BCUT2D eigenvalue weighted by Gasteiger charge is 2.05. The summed E-state index contributed by atoms with van der Waals surface area (Å²) < 4.78 is 0. The standard InChI is InChI=1S/C17H17ClN2O2S/c1-19-17(22)13-4-8-15(9-5-13)20-16(21)11-23-10-12-2-6-14(18)7-3-12/h2-9H,10-11H2,1H3,(H,19,22)(H,20,21). The highest BCUT2D eigenvalue weighted by Crippen LogP contribution is 2.16. The predicted octanol–water partition coefficient (Wildman–Crippen LogP) is 3.57. The van der Waals surface area contributed by atoms with E-state index in [-0.39, 0.29) is 11.8 Å². The molecule has 2 amide bonds. The lowest BCUT2D eigenvalue weighted by Gasteiger charge is -2.06. The second kappa shape index (κ2) is 8.60. The predicted molar refractivity (Wildman–Crippen MR) is 96.1 cm³/mol. The molecule has 0 aromatic heterocycles. The molecule has 0 aliphatic heterocycles. The molecule has 0 atom stereocenters. The van der Waals surface area contributed by atoms with Crippen LogP contribution in [0.25, 0.3) is 0 Å². The van der Waals surface area contributed by atoms with Crippen molar-refractivity contribution in [3.05, 3.63) is 64.7 Å². The highest BCUT2D eigenvalue weighted by molar-refractivity contribution is 7.99. The monoisotopic (exact) mass is 348 g/mol. The summed E-state index contributed by atoms with van der Waals surface area (Å²) >= 11 is 7.36. The Labute approximate surface area is 144 Å². The van der Waals surface area contributed by atoms with Gasteiger partial charge in [-0.2, -0.15) is 0 Å². The Hall–Kier alpha value is -1.98. The van der Waals surface area contributed by atoms with Gasteiger partial charge in [-0.25, -0.2) is 0 Å². The second-order valence-electron chi connectivity index (χ2n) is 4.82. The van der Waals surface area contributed by atoms with Gasteiger partial charge in [0.05, 0.1) is 5.75 Å². The summed E-state index contributed by atoms with van der Waals surface area (Å²) in [4.78, 5) is 23.3. The zero-order valence-corrected chi connectivity index (χ0v) is 14.2. The van der Waals surface area contributed by atoms with Gasteiger partial charge in [0, 0.05) is 29.1 Å². The minimum absolute atomic E-state index is 0.0725. The zero-order chi connectivity index (χ0) is 16.7. The number of carbonyl (C=O) groups is 2. The SMILES string of the molecule is CNC(=O)c1ccc(NC(=O)CSCc2ccc(Cl)cc2)cc1. The first kappa shape index (κ1) is 17.4. The Morgan fingerprint density at radius 3 is 2.30 bits per heavy atom. The number of halogens is 1. The number of thioether (sulfide) groups is 1. The number of anilines is 1. The maximum absolute atomic E-state index is 11.9. The fourth-order valence-electron chi connectivity index (χ4n) is 1.89. The molecule has 6 heteroatoms. The van der Waals surface area contributed by atoms with Crippen LogP contribution in [0.1, 0.15) is 15.9 Å². The molecule has 0 bridgehead atoms. The van der Waals surface area contributed by atoms with Crippen molar-refractivity contribution in [2.24, 2.45) is 0 Å². The smallest absolute Gasteiger partial charge is 0.251 e. The Bertz CT molecular complexity index is 672. The van der Waals surface area contributed by atoms with Crippen molar-refractivity contribution in [1.82, 2.24) is 5.32 Å². The highest BCUT2D eigenvalue weighted by atomic mass is 35.5. The molecule has 0 fully saturated rings. The first-order valence-corrected chi connectivity index (χ1v) is 8.56. The maximum atomic E-state index is 11.9. The van der Waals surface area contributed by atoms with Crippen molar-refractivity contribution < 1.29 is 9.59 Å². The minimum atomic E-state index is -0.151. The third kappa shape index (κ3) is 5.62. The quantitative estimate of drug-likeness (QED) is 0.839. The van der Waals surface area contributed by atoms with Crippen LogP contribution in [-0.2, 0) is 10.5 Å². The normalized spacial score (nSPS) is 10.2. The molecule has 2 rings (SSSR count). The second-order valence-corrected chi connectivity index (χ2v) is 6.25. The first-order valence-electron chi connectivity index (χ1n) is 7.02. The van der Waals surface area contributed by atoms with Gasteiger partial charge < -0.3 is 10.6 Å². The van der Waals surface area contributed by atoms with Gasteiger partial charge >= 0.3 is 0 Å². The zero-order valence-electron chi connectivity index (χ0n) is 12.6. The first-order chi connectivity index (χ1) is 11.1. The molecule has 2 N–H and O–H groups in total. The Morgan fingerprint density at radius 1 is 1.04 bits per heavy atom. The number of hydrogen-bond acceptors (Lipinski definition) is 3. The van der Waals surface area contributed by atoms with E-state index in [4.69, 9.17) is 11.6 Å². The van der Waals surface area contributed by atoms with E-state index in [1.54, 1.807) is 31.3 Å². The van der Waals surface area contributed by atoms with Gasteiger partial charge in [-0.3, -0.25) is 9.59 Å². The molecule has 0 saturated heterocycles. The number of carbonyl (C=O) groups excluding carboxylic acids is 2. The fourth-order valence-corrected chi connectivity index (χ4v) is 2.80. The van der Waals surface area contributed by atoms with Crippen molar-refractivity contribution in [3.63, 3.8) is 0 Å². The molecule has 120 valence electrons. The Balaban J connectivity index is 1.78. The van der Waals surface area contributed by atoms with Crippen molar-refractivity contribution >= 4 is 40.9 Å². The lowest BCUT2D eigenvalue weighted by Crippen LogP contribution is -2.18. The van der Waals surface area contributed by atoms with Crippen LogP contribution in [0.2, 0.25) is 5.02 Å². The van der Waals surface area contributed by atoms with Gasteiger partial charge in [-0.1, -0.05) is 23.7 Å². The van der Waals surface area contributed by atoms with Gasteiger partial charge in [0.1, 0.15) is 0 Å². The van der Waals surface area contributed by atoms with Crippen LogP contribution in [0.3, 0.4) is 0 Å². The van der Waals surface area contributed by atoms with Crippen LogP contribution >= 0.6 is 23.4 Å². The molecule has 23 heavy (non-hydrogen) atoms. The number of rotatable bonds is 6. The van der Waals surface area contributed by atoms with Gasteiger partial charge in [0.15, 0.2) is 0 Å². The molecule has 0 aliphatic carbocycles. The van der Waals surface area contributed by atoms with Crippen LogP contribution in [-0.4, -0.2) is 24.6 Å². The summed E-state index contributed by atoms with van der Waals surface area (Å²) in [5, 5.41) is 6.06. The van der Waals surface area contributed by atoms with Gasteiger partial charge in [-0.05, 0) is 42.0 Å². The lowest BCUT2D eigenvalue weighted by atomic mass is 10.2. The third-order valence-corrected chi connectivity index (χ3v) is 4.33. The molecule has 0 spiro atoms. The minimum Gasteiger partial charge on any atom is -0.355 e. The van der Waals surface area contributed by atoms with Crippen molar-refractivity contribution in [2.45, 2.75) is 5.75 Å². The molecular weight excluding hydrogens is 332 g/mol. The largest absolute Gasteiger partial charge is 0.355 e. The number of amides is 2. The van der Waals surface area contributed by atoms with E-state index in [0.717, 1.165) is 11.3 Å². The topological polar surface area (TPSA) is 58.2 Å². The third-order valence-electron chi connectivity index (χ3n) is 3.07. The van der Waals surface area contributed by atoms with Gasteiger partial charge in [0.25, 0.3) is 5.91 Å². The van der Waals surface area contributed by atoms with Crippen molar-refractivity contribution in [2.75, 3.05) is 18.1 Å². The van der Waals surface area contributed by atoms with Gasteiger partial charge in [0.2, 0.25) is 5.91 Å². The number of hydrogen-bond donors (Lipinski definition) is 2. The van der Waals surface area contributed by atoms with Crippen LogP contribution in [0.15, 0.2) is 48.5 Å². The maximum Gasteiger partial charge on any atom is 0.251 e. The Kier molecular flexibility index (Phi) is 6.50. The van der Waals surface area contributed by atoms with Crippen molar-refractivity contribution in [3.8, 4) is 0 Å². The van der Waals surface area contributed by atoms with E-state index in [0.29, 0.717) is 22.0 Å². The molecule has 0 aliphatic rings. The summed E-state index contributed by atoms with van der Waals surface area (Å²) in [6.45, 7) is 0. The summed E-state index contributed by atoms with van der Waals surface area (Å²) in [6, 6.07) is 14.4. The number of benzene rings is 2. The van der Waals surface area contributed by atoms with Crippen LogP contribution < -0.4 is 10.6 Å². The van der Waals surface area contributed by atoms with Crippen LogP contribution in [0.5, 0.6) is 0 Å². The number of nitrogens with one attached hydrogen (secondary N) is 2. The average molecular weight is 349 g/mol. The molecule has 2 aromatic carbocycles. The summed E-state index contributed by atoms with van der Waals surface area (Å²) in [5.74, 6) is 0.887. The summed E-state index contributed by atoms with van der Waals surface area (Å²) in [5.41, 5.74) is 2.36. The molecule has 0 heterocycles. The summed E-state index contributed by atoms with van der Waals surface area (Å²) in [6.07, 6.45) is 0. The average Bonchev–Trinajstić information content (AvgIpc) is 2.56. The fraction of sp³-hybridized carbons (Fsp3) is 0.176. The molecule has 0 saturated carbocycles. The van der Waals surface area contributed by atoms with Crippen LogP contribution in [0.4, 0.5) is 5.69 Å². The van der Waals surface area contributed by atoms with E-state index in [2.05, 4.69) is 10.6 Å². The van der Waals surface area contributed by atoms with E-state index in [1.807, 2.05) is 24.3 Å². The molecule has 4 nitrogen and oxygen atoms in total. The van der Waals surface area contributed by atoms with E-state index >= 15 is 0 Å². The van der Waals surface area contributed by atoms with E-state index in [1.165, 1.54) is 11.8 Å². The molecule has 2 aromatic rings. The lowest BCUT2D eigenvalue weighted by molar-refractivity contribution is -0.113. The van der Waals surface area contributed by atoms with Crippen molar-refractivity contribution in [1.29, 1.82) is 0 Å². The Morgan fingerprint density at radius 2 is 1.70 bits per heavy atom. The molecule has 0 unspecified atom stereocenters. The molecule has 0 radical (unpaired) electrons. The van der Waals surface area contributed by atoms with E-state index in [9.17, 15) is 9.59 Å². The van der Waals surface area contributed by atoms with Gasteiger partial charge in [-0.15, -0.1) is 11.8 Å².